The van der Waals surface area contributed by atoms with E-state index in [4.69, 9.17) is 4.74 Å². The zero-order valence-corrected chi connectivity index (χ0v) is 11.3. The highest BCUT2D eigenvalue weighted by atomic mass is 16.6. The quantitative estimate of drug-likeness (QED) is 0.698. The third kappa shape index (κ3) is 3.70. The zero-order chi connectivity index (χ0) is 13.2. The van der Waals surface area contributed by atoms with Gasteiger partial charge in [0.1, 0.15) is 5.60 Å². The third-order valence-corrected chi connectivity index (χ3v) is 2.80. The molecule has 17 heavy (non-hydrogen) atoms. The second kappa shape index (κ2) is 5.04. The van der Waals surface area contributed by atoms with E-state index >= 15 is 0 Å². The van der Waals surface area contributed by atoms with Crippen LogP contribution < -0.4 is 0 Å². The highest BCUT2D eigenvalue weighted by Gasteiger charge is 2.33. The van der Waals surface area contributed by atoms with Crippen molar-refractivity contribution in [3.63, 3.8) is 0 Å². The van der Waals surface area contributed by atoms with Gasteiger partial charge in [-0.05, 0) is 47.2 Å². The maximum Gasteiger partial charge on any atom is 0.416 e. The van der Waals surface area contributed by atoms with Crippen LogP contribution in [0, 0.1) is 0 Å². The number of nitrogens with zero attached hydrogens (tertiary/aromatic N) is 2. The molecular formula is C12H22N2O3. The van der Waals surface area contributed by atoms with E-state index in [1.165, 1.54) is 7.05 Å². The fourth-order valence-electron chi connectivity index (χ4n) is 1.87. The number of imide groups is 1. The molecule has 2 amide bonds. The molecule has 1 atom stereocenters. The summed E-state index contributed by atoms with van der Waals surface area (Å²) < 4.78 is 5.16. The predicted molar refractivity (Wildman–Crippen MR) is 64.7 cm³/mol. The molecular weight excluding hydrogens is 220 g/mol. The van der Waals surface area contributed by atoms with Crippen LogP contribution in [0.15, 0.2) is 0 Å². The summed E-state index contributed by atoms with van der Waals surface area (Å²) in [6.45, 7) is 6.25. The van der Waals surface area contributed by atoms with Crippen molar-refractivity contribution in [2.75, 3.05) is 20.6 Å². The first-order valence-electron chi connectivity index (χ1n) is 5.93. The molecule has 5 heteroatoms. The molecule has 5 nitrogen and oxygen atoms in total. The maximum atomic E-state index is 12.1. The minimum atomic E-state index is -0.581. The number of likely N-dealkylation sites (tertiary alicyclic amines) is 1. The van der Waals surface area contributed by atoms with Crippen molar-refractivity contribution >= 4 is 12.0 Å². The second-order valence-electron chi connectivity index (χ2n) is 5.52. The van der Waals surface area contributed by atoms with Crippen LogP contribution in [0.4, 0.5) is 4.79 Å². The van der Waals surface area contributed by atoms with Gasteiger partial charge in [-0.2, -0.15) is 0 Å². The van der Waals surface area contributed by atoms with Crippen LogP contribution in [0.2, 0.25) is 0 Å². The molecule has 1 aliphatic rings. The Morgan fingerprint density at radius 1 is 1.35 bits per heavy atom. The van der Waals surface area contributed by atoms with E-state index < -0.39 is 11.7 Å². The summed E-state index contributed by atoms with van der Waals surface area (Å²) in [5.41, 5.74) is -0.576. The number of carbonyl (C=O) groups excluding carboxylic acids is 2. The molecule has 0 radical (unpaired) electrons. The first kappa shape index (κ1) is 14.0. The molecule has 1 rings (SSSR count). The average Bonchev–Trinajstić information content (AvgIpc) is 2.59. The van der Waals surface area contributed by atoms with Gasteiger partial charge in [0.2, 0.25) is 5.91 Å². The first-order chi connectivity index (χ1) is 7.72. The van der Waals surface area contributed by atoms with Crippen molar-refractivity contribution in [3.8, 4) is 0 Å². The number of hydrogen-bond acceptors (Lipinski definition) is 4. The largest absolute Gasteiger partial charge is 0.443 e. The van der Waals surface area contributed by atoms with Gasteiger partial charge in [-0.25, -0.2) is 9.69 Å². The van der Waals surface area contributed by atoms with E-state index in [1.807, 2.05) is 11.9 Å². The van der Waals surface area contributed by atoms with Crippen molar-refractivity contribution in [1.29, 1.82) is 0 Å². The van der Waals surface area contributed by atoms with Gasteiger partial charge in [-0.3, -0.25) is 9.69 Å². The Labute approximate surface area is 103 Å². The molecule has 1 heterocycles. The van der Waals surface area contributed by atoms with Gasteiger partial charge in [0, 0.05) is 7.05 Å². The molecule has 1 fully saturated rings. The number of carbonyl (C=O) groups is 2. The molecule has 98 valence electrons. The van der Waals surface area contributed by atoms with Gasteiger partial charge in [0.15, 0.2) is 0 Å². The normalized spacial score (nSPS) is 21.4. The van der Waals surface area contributed by atoms with E-state index in [1.54, 1.807) is 20.8 Å². The lowest BCUT2D eigenvalue weighted by Gasteiger charge is -2.27. The molecule has 0 spiro atoms. The lowest BCUT2D eigenvalue weighted by Crippen LogP contribution is -2.46. The van der Waals surface area contributed by atoms with Gasteiger partial charge in [0.25, 0.3) is 0 Å². The summed E-state index contributed by atoms with van der Waals surface area (Å²) in [6.07, 6.45) is 1.22. The lowest BCUT2D eigenvalue weighted by atomic mass is 10.2. The molecule has 0 aromatic heterocycles. The average molecular weight is 242 g/mol. The maximum absolute atomic E-state index is 12.1. The van der Waals surface area contributed by atoms with Crippen molar-refractivity contribution in [1.82, 2.24) is 9.80 Å². The van der Waals surface area contributed by atoms with Crippen LogP contribution in [-0.4, -0.2) is 54.1 Å². The summed E-state index contributed by atoms with van der Waals surface area (Å²) in [5, 5.41) is 0. The molecule has 0 aliphatic carbocycles. The minimum absolute atomic E-state index is 0.181. The Balaban J connectivity index is 2.60. The van der Waals surface area contributed by atoms with Crippen LogP contribution >= 0.6 is 0 Å². The van der Waals surface area contributed by atoms with Gasteiger partial charge in [-0.15, -0.1) is 0 Å². The first-order valence-corrected chi connectivity index (χ1v) is 5.93. The Morgan fingerprint density at radius 3 is 2.35 bits per heavy atom. The lowest BCUT2D eigenvalue weighted by molar-refractivity contribution is -0.133. The molecule has 0 N–H and O–H groups in total. The smallest absolute Gasteiger partial charge is 0.416 e. The third-order valence-electron chi connectivity index (χ3n) is 2.80. The molecule has 0 saturated carbocycles. The van der Waals surface area contributed by atoms with Crippen molar-refractivity contribution < 1.29 is 14.3 Å². The Morgan fingerprint density at radius 2 is 1.94 bits per heavy atom. The highest BCUT2D eigenvalue weighted by Crippen LogP contribution is 2.18. The molecule has 1 aliphatic heterocycles. The number of rotatable bonds is 1. The topological polar surface area (TPSA) is 49.9 Å². The van der Waals surface area contributed by atoms with Gasteiger partial charge < -0.3 is 4.74 Å². The summed E-state index contributed by atoms with van der Waals surface area (Å²) in [4.78, 5) is 26.9. The van der Waals surface area contributed by atoms with E-state index in [0.717, 1.165) is 24.3 Å². The number of ether oxygens (including phenoxy) is 1. The Kier molecular flexibility index (Phi) is 4.14. The number of hydrogen-bond donors (Lipinski definition) is 0. The standard InChI is InChI=1S/C12H22N2O3/c1-12(2,3)17-11(16)14(5)10(15)9-7-6-8-13(9)4/h9H,6-8H2,1-5H3/t9-/m0/s1. The summed E-state index contributed by atoms with van der Waals surface area (Å²) in [6, 6.07) is -0.187. The molecule has 0 aromatic carbocycles. The summed E-state index contributed by atoms with van der Waals surface area (Å²) >= 11 is 0. The van der Waals surface area contributed by atoms with E-state index in [9.17, 15) is 9.59 Å². The molecule has 0 aromatic rings. The molecule has 1 saturated heterocycles. The Bertz CT molecular complexity index is 309. The molecule has 0 unspecified atom stereocenters. The number of likely N-dealkylation sites (N-methyl/N-ethyl adjacent to an activating group) is 2. The number of amides is 2. The van der Waals surface area contributed by atoms with Crippen molar-refractivity contribution in [2.24, 2.45) is 0 Å². The highest BCUT2D eigenvalue weighted by molar-refractivity contribution is 5.94. The zero-order valence-electron chi connectivity index (χ0n) is 11.3. The fraction of sp³-hybridized carbons (Fsp3) is 0.833. The van der Waals surface area contributed by atoms with Gasteiger partial charge >= 0.3 is 6.09 Å². The monoisotopic (exact) mass is 242 g/mol. The summed E-state index contributed by atoms with van der Waals surface area (Å²) in [7, 11) is 3.38. The Hall–Kier alpha value is -1.10. The second-order valence-corrected chi connectivity index (χ2v) is 5.52. The molecule has 0 bridgehead atoms. The summed E-state index contributed by atoms with van der Waals surface area (Å²) in [5.74, 6) is -0.181. The van der Waals surface area contributed by atoms with E-state index in [-0.39, 0.29) is 11.9 Å². The van der Waals surface area contributed by atoms with Crippen LogP contribution in [0.1, 0.15) is 33.6 Å². The van der Waals surface area contributed by atoms with Crippen LogP contribution in [-0.2, 0) is 9.53 Å². The van der Waals surface area contributed by atoms with Crippen molar-refractivity contribution in [2.45, 2.75) is 45.3 Å². The van der Waals surface area contributed by atoms with E-state index in [0.29, 0.717) is 0 Å². The predicted octanol–water partition coefficient (Wildman–Crippen LogP) is 1.47. The van der Waals surface area contributed by atoms with Crippen LogP contribution in [0.3, 0.4) is 0 Å². The van der Waals surface area contributed by atoms with Gasteiger partial charge in [-0.1, -0.05) is 0 Å². The van der Waals surface area contributed by atoms with E-state index in [2.05, 4.69) is 0 Å². The van der Waals surface area contributed by atoms with Crippen molar-refractivity contribution in [3.05, 3.63) is 0 Å². The van der Waals surface area contributed by atoms with Crippen LogP contribution in [0.25, 0.3) is 0 Å². The van der Waals surface area contributed by atoms with Crippen LogP contribution in [0.5, 0.6) is 0 Å². The fourth-order valence-corrected chi connectivity index (χ4v) is 1.87. The minimum Gasteiger partial charge on any atom is -0.443 e. The SMILES string of the molecule is CN(C(=O)OC(C)(C)C)C(=O)[C@@H]1CCCN1C. The van der Waals surface area contributed by atoms with Gasteiger partial charge in [0.05, 0.1) is 6.04 Å².